The van der Waals surface area contributed by atoms with Gasteiger partial charge in [0.05, 0.1) is 17.8 Å². The van der Waals surface area contributed by atoms with Crippen molar-refractivity contribution in [2.24, 2.45) is 7.05 Å². The van der Waals surface area contributed by atoms with Crippen LogP contribution < -0.4 is 0 Å². The molecule has 3 heteroatoms. The maximum atomic E-state index is 9.03. The van der Waals surface area contributed by atoms with Crippen molar-refractivity contribution >= 4 is 0 Å². The number of nitriles is 1. The third kappa shape index (κ3) is 1.75. The highest BCUT2D eigenvalue weighted by Crippen LogP contribution is 2.23. The van der Waals surface area contributed by atoms with Crippen LogP contribution in [0.5, 0.6) is 0 Å². The first-order valence-electron chi connectivity index (χ1n) is 4.70. The molecule has 0 aliphatic carbocycles. The lowest BCUT2D eigenvalue weighted by Crippen LogP contribution is -1.85. The molecule has 15 heavy (non-hydrogen) atoms. The van der Waals surface area contributed by atoms with Crippen molar-refractivity contribution in [3.63, 3.8) is 0 Å². The molecule has 3 nitrogen and oxygen atoms in total. The largest absolute Gasteiger partial charge is 0.275 e. The molecule has 1 heterocycles. The summed E-state index contributed by atoms with van der Waals surface area (Å²) in [7, 11) is 1.86. The van der Waals surface area contributed by atoms with Crippen LogP contribution in [0.15, 0.2) is 30.6 Å². The molecule has 0 bridgehead atoms. The van der Waals surface area contributed by atoms with E-state index in [1.54, 1.807) is 10.9 Å². The van der Waals surface area contributed by atoms with Crippen LogP contribution in [0.25, 0.3) is 11.1 Å². The Hall–Kier alpha value is -2.08. The van der Waals surface area contributed by atoms with E-state index < -0.39 is 0 Å². The van der Waals surface area contributed by atoms with Crippen LogP contribution in [0.2, 0.25) is 0 Å². The Morgan fingerprint density at radius 3 is 2.80 bits per heavy atom. The molecule has 0 atom stereocenters. The molecule has 0 N–H and O–H groups in total. The molecule has 74 valence electrons. The average Bonchev–Trinajstić information content (AvgIpc) is 2.64. The Morgan fingerprint density at radius 2 is 2.20 bits per heavy atom. The molecule has 0 saturated heterocycles. The molecule has 1 aromatic carbocycles. The quantitative estimate of drug-likeness (QED) is 0.703. The summed E-state index contributed by atoms with van der Waals surface area (Å²) in [4.78, 5) is 0. The molecule has 0 aliphatic rings. The standard InChI is InChI=1S/C12H11N3/c1-9-3-4-12(10(5-9)6-13)11-7-14-15(2)8-11/h3-5,7-8H,1-2H3. The van der Waals surface area contributed by atoms with E-state index in [0.717, 1.165) is 16.7 Å². The number of rotatable bonds is 1. The Labute approximate surface area is 88.6 Å². The Morgan fingerprint density at radius 1 is 1.40 bits per heavy atom. The first-order valence-corrected chi connectivity index (χ1v) is 4.70. The summed E-state index contributed by atoms with van der Waals surface area (Å²) in [5, 5.41) is 13.1. The molecule has 2 rings (SSSR count). The van der Waals surface area contributed by atoms with E-state index in [0.29, 0.717) is 5.56 Å². The van der Waals surface area contributed by atoms with Gasteiger partial charge in [-0.3, -0.25) is 4.68 Å². The smallest absolute Gasteiger partial charge is 0.0998 e. The van der Waals surface area contributed by atoms with Gasteiger partial charge in [0.1, 0.15) is 0 Å². The third-order valence-corrected chi connectivity index (χ3v) is 2.31. The van der Waals surface area contributed by atoms with Crippen molar-refractivity contribution in [2.45, 2.75) is 6.92 Å². The van der Waals surface area contributed by atoms with Gasteiger partial charge in [0.25, 0.3) is 0 Å². The molecule has 1 aromatic heterocycles. The van der Waals surface area contributed by atoms with Gasteiger partial charge >= 0.3 is 0 Å². The van der Waals surface area contributed by atoms with E-state index in [1.807, 2.05) is 38.4 Å². The highest BCUT2D eigenvalue weighted by molar-refractivity contribution is 5.69. The number of hydrogen-bond acceptors (Lipinski definition) is 2. The molecule has 0 fully saturated rings. The fourth-order valence-electron chi connectivity index (χ4n) is 1.56. The lowest BCUT2D eigenvalue weighted by atomic mass is 10.0. The van der Waals surface area contributed by atoms with Crippen molar-refractivity contribution in [3.8, 4) is 17.2 Å². The van der Waals surface area contributed by atoms with Crippen LogP contribution in [0, 0.1) is 18.3 Å². The van der Waals surface area contributed by atoms with E-state index in [9.17, 15) is 0 Å². The summed E-state index contributed by atoms with van der Waals surface area (Å²) in [6.45, 7) is 1.98. The van der Waals surface area contributed by atoms with E-state index in [2.05, 4.69) is 11.2 Å². The van der Waals surface area contributed by atoms with Gasteiger partial charge in [0.2, 0.25) is 0 Å². The van der Waals surface area contributed by atoms with Crippen molar-refractivity contribution in [1.29, 1.82) is 5.26 Å². The third-order valence-electron chi connectivity index (χ3n) is 2.31. The summed E-state index contributed by atoms with van der Waals surface area (Å²) in [5.74, 6) is 0. The summed E-state index contributed by atoms with van der Waals surface area (Å²) >= 11 is 0. The second-order valence-corrected chi connectivity index (χ2v) is 3.56. The monoisotopic (exact) mass is 197 g/mol. The average molecular weight is 197 g/mol. The number of aromatic nitrogens is 2. The maximum Gasteiger partial charge on any atom is 0.0998 e. The molecular formula is C12H11N3. The van der Waals surface area contributed by atoms with Crippen molar-refractivity contribution in [1.82, 2.24) is 9.78 Å². The van der Waals surface area contributed by atoms with Crippen LogP contribution in [0.4, 0.5) is 0 Å². The predicted octanol–water partition coefficient (Wildman–Crippen LogP) is 2.27. The van der Waals surface area contributed by atoms with Crippen molar-refractivity contribution < 1.29 is 0 Å². The number of nitrogens with zero attached hydrogens (tertiary/aromatic N) is 3. The van der Waals surface area contributed by atoms with Gasteiger partial charge in [-0.2, -0.15) is 10.4 Å². The topological polar surface area (TPSA) is 41.6 Å². The highest BCUT2D eigenvalue weighted by atomic mass is 15.2. The zero-order valence-corrected chi connectivity index (χ0v) is 8.73. The lowest BCUT2D eigenvalue weighted by molar-refractivity contribution is 0.768. The minimum Gasteiger partial charge on any atom is -0.275 e. The zero-order chi connectivity index (χ0) is 10.8. The number of hydrogen-bond donors (Lipinski definition) is 0. The minimum atomic E-state index is 0.697. The first kappa shape index (κ1) is 9.47. The van der Waals surface area contributed by atoms with Gasteiger partial charge in [-0.25, -0.2) is 0 Å². The van der Waals surface area contributed by atoms with Gasteiger partial charge in [-0.1, -0.05) is 12.1 Å². The van der Waals surface area contributed by atoms with Crippen LogP contribution in [0.1, 0.15) is 11.1 Å². The first-order chi connectivity index (χ1) is 7.20. The molecule has 0 radical (unpaired) electrons. The second-order valence-electron chi connectivity index (χ2n) is 3.56. The van der Waals surface area contributed by atoms with E-state index in [4.69, 9.17) is 5.26 Å². The molecular weight excluding hydrogens is 186 g/mol. The SMILES string of the molecule is Cc1ccc(-c2cnn(C)c2)c(C#N)c1. The van der Waals surface area contributed by atoms with E-state index in [1.165, 1.54) is 0 Å². The molecule has 0 saturated carbocycles. The van der Waals surface area contributed by atoms with Crippen LogP contribution in [-0.2, 0) is 7.05 Å². The van der Waals surface area contributed by atoms with Crippen LogP contribution >= 0.6 is 0 Å². The second kappa shape index (κ2) is 3.58. The fraction of sp³-hybridized carbons (Fsp3) is 0.167. The molecule has 2 aromatic rings. The number of benzene rings is 1. The van der Waals surface area contributed by atoms with Gasteiger partial charge in [-0.05, 0) is 18.6 Å². The summed E-state index contributed by atoms with van der Waals surface area (Å²) in [6, 6.07) is 8.06. The lowest BCUT2D eigenvalue weighted by Gasteiger charge is -2.01. The zero-order valence-electron chi connectivity index (χ0n) is 8.73. The normalized spacial score (nSPS) is 9.93. The molecule has 0 aliphatic heterocycles. The fourth-order valence-corrected chi connectivity index (χ4v) is 1.56. The van der Waals surface area contributed by atoms with Crippen LogP contribution in [0.3, 0.4) is 0 Å². The maximum absolute atomic E-state index is 9.03. The summed E-state index contributed by atoms with van der Waals surface area (Å²) < 4.78 is 1.73. The highest BCUT2D eigenvalue weighted by Gasteiger charge is 2.06. The predicted molar refractivity (Wildman–Crippen MR) is 58.1 cm³/mol. The van der Waals surface area contributed by atoms with Gasteiger partial charge in [0.15, 0.2) is 0 Å². The van der Waals surface area contributed by atoms with E-state index in [-0.39, 0.29) is 0 Å². The van der Waals surface area contributed by atoms with Crippen LogP contribution in [-0.4, -0.2) is 9.78 Å². The summed E-state index contributed by atoms with van der Waals surface area (Å²) in [6.07, 6.45) is 3.68. The Bertz CT molecular complexity index is 532. The van der Waals surface area contributed by atoms with E-state index >= 15 is 0 Å². The van der Waals surface area contributed by atoms with Crippen molar-refractivity contribution in [3.05, 3.63) is 41.7 Å². The number of aryl methyl sites for hydroxylation is 2. The van der Waals surface area contributed by atoms with Gasteiger partial charge in [-0.15, -0.1) is 0 Å². The molecule has 0 unspecified atom stereocenters. The van der Waals surface area contributed by atoms with Gasteiger partial charge < -0.3 is 0 Å². The molecule has 0 spiro atoms. The Kier molecular flexibility index (Phi) is 2.26. The van der Waals surface area contributed by atoms with Crippen molar-refractivity contribution in [2.75, 3.05) is 0 Å². The molecule has 0 amide bonds. The Balaban J connectivity index is 2.58. The minimum absolute atomic E-state index is 0.697. The van der Waals surface area contributed by atoms with Gasteiger partial charge in [0, 0.05) is 24.4 Å². The summed E-state index contributed by atoms with van der Waals surface area (Å²) in [5.41, 5.74) is 3.72.